The first kappa shape index (κ1) is 14.7. The summed E-state index contributed by atoms with van der Waals surface area (Å²) in [6, 6.07) is 7.87. The standard InChI is InChI=1S/C18H18N4O2/c1-21-17-15(11-19-21)18(23)22-9-3-4-13(16(22)20-17)10-12-5-7-14(24-2)8-6-12/h5-8,10-11H,3-4,9H2,1-2H3/b13-10+. The van der Waals surface area contributed by atoms with Crippen LogP contribution >= 0.6 is 0 Å². The smallest absolute Gasteiger partial charge is 0.264 e. The summed E-state index contributed by atoms with van der Waals surface area (Å²) >= 11 is 0. The van der Waals surface area contributed by atoms with Crippen LogP contribution in [-0.2, 0) is 13.6 Å². The molecule has 0 saturated heterocycles. The van der Waals surface area contributed by atoms with E-state index in [1.165, 1.54) is 0 Å². The topological polar surface area (TPSA) is 61.9 Å². The second-order valence-electron chi connectivity index (χ2n) is 5.94. The van der Waals surface area contributed by atoms with Crippen molar-refractivity contribution in [2.24, 2.45) is 7.05 Å². The van der Waals surface area contributed by atoms with E-state index >= 15 is 0 Å². The summed E-state index contributed by atoms with van der Waals surface area (Å²) in [5.74, 6) is 1.57. The predicted octanol–water partition coefficient (Wildman–Crippen LogP) is 2.47. The average Bonchev–Trinajstić information content (AvgIpc) is 2.98. The second-order valence-corrected chi connectivity index (χ2v) is 5.94. The number of hydrogen-bond donors (Lipinski definition) is 0. The highest BCUT2D eigenvalue weighted by Crippen LogP contribution is 2.27. The Morgan fingerprint density at radius 1 is 1.25 bits per heavy atom. The number of hydrogen-bond acceptors (Lipinski definition) is 4. The van der Waals surface area contributed by atoms with E-state index in [0.29, 0.717) is 17.6 Å². The van der Waals surface area contributed by atoms with E-state index in [1.54, 1.807) is 22.6 Å². The molecule has 0 N–H and O–H groups in total. The van der Waals surface area contributed by atoms with Crippen LogP contribution in [0, 0.1) is 0 Å². The Balaban J connectivity index is 1.87. The lowest BCUT2D eigenvalue weighted by molar-refractivity contribution is 0.415. The van der Waals surface area contributed by atoms with E-state index in [1.807, 2.05) is 31.3 Å². The summed E-state index contributed by atoms with van der Waals surface area (Å²) in [6.45, 7) is 0.700. The molecule has 0 unspecified atom stereocenters. The number of aryl methyl sites for hydroxylation is 1. The van der Waals surface area contributed by atoms with Gasteiger partial charge in [-0.05, 0) is 42.2 Å². The lowest BCUT2D eigenvalue weighted by atomic mass is 10.0. The van der Waals surface area contributed by atoms with E-state index in [9.17, 15) is 4.79 Å². The van der Waals surface area contributed by atoms with Crippen LogP contribution < -0.4 is 10.3 Å². The highest BCUT2D eigenvalue weighted by atomic mass is 16.5. The lowest BCUT2D eigenvalue weighted by Gasteiger charge is -2.20. The molecule has 6 nitrogen and oxygen atoms in total. The molecular weight excluding hydrogens is 304 g/mol. The van der Waals surface area contributed by atoms with Gasteiger partial charge in [0.05, 0.1) is 13.3 Å². The Morgan fingerprint density at radius 2 is 2.04 bits per heavy atom. The number of rotatable bonds is 2. The number of methoxy groups -OCH3 is 1. The zero-order chi connectivity index (χ0) is 16.7. The molecule has 122 valence electrons. The zero-order valence-corrected chi connectivity index (χ0v) is 13.7. The van der Waals surface area contributed by atoms with Gasteiger partial charge in [0.1, 0.15) is 17.0 Å². The highest BCUT2D eigenvalue weighted by Gasteiger charge is 2.20. The molecule has 2 aromatic heterocycles. The average molecular weight is 322 g/mol. The van der Waals surface area contributed by atoms with E-state index in [0.717, 1.165) is 35.6 Å². The second kappa shape index (κ2) is 5.63. The first-order valence-corrected chi connectivity index (χ1v) is 7.95. The number of benzene rings is 1. The Labute approximate surface area is 139 Å². The predicted molar refractivity (Wildman–Crippen MR) is 92.9 cm³/mol. The number of ether oxygens (including phenoxy) is 1. The summed E-state index contributed by atoms with van der Waals surface area (Å²) in [7, 11) is 3.46. The summed E-state index contributed by atoms with van der Waals surface area (Å²) in [5.41, 5.74) is 2.77. The Hall–Kier alpha value is -2.89. The molecule has 1 aromatic carbocycles. The first-order valence-electron chi connectivity index (χ1n) is 7.95. The van der Waals surface area contributed by atoms with Crippen LogP contribution in [0.25, 0.3) is 22.7 Å². The molecule has 24 heavy (non-hydrogen) atoms. The third kappa shape index (κ3) is 2.31. The molecule has 0 atom stereocenters. The fraction of sp³-hybridized carbons (Fsp3) is 0.278. The van der Waals surface area contributed by atoms with Crippen LogP contribution in [0.3, 0.4) is 0 Å². The maximum Gasteiger partial charge on any atom is 0.264 e. The third-order valence-corrected chi connectivity index (χ3v) is 4.42. The summed E-state index contributed by atoms with van der Waals surface area (Å²) < 4.78 is 8.61. The number of fused-ring (bicyclic) bond motifs is 2. The molecule has 0 saturated carbocycles. The van der Waals surface area contributed by atoms with Gasteiger partial charge >= 0.3 is 0 Å². The highest BCUT2D eigenvalue weighted by molar-refractivity contribution is 5.82. The van der Waals surface area contributed by atoms with Crippen LogP contribution in [-0.4, -0.2) is 26.4 Å². The van der Waals surface area contributed by atoms with Crippen LogP contribution in [0.5, 0.6) is 5.75 Å². The van der Waals surface area contributed by atoms with Gasteiger partial charge in [-0.1, -0.05) is 12.1 Å². The van der Waals surface area contributed by atoms with Crippen LogP contribution in [0.4, 0.5) is 0 Å². The Morgan fingerprint density at radius 3 is 2.79 bits per heavy atom. The quantitative estimate of drug-likeness (QED) is 0.727. The fourth-order valence-corrected chi connectivity index (χ4v) is 3.15. The van der Waals surface area contributed by atoms with Crippen molar-refractivity contribution in [1.29, 1.82) is 0 Å². The SMILES string of the molecule is COc1ccc(/C=C2\CCCn3c2nc2c(cnn2C)c3=O)cc1. The van der Waals surface area contributed by atoms with Gasteiger partial charge in [0.2, 0.25) is 0 Å². The zero-order valence-electron chi connectivity index (χ0n) is 13.7. The molecule has 0 amide bonds. The molecule has 1 aliphatic heterocycles. The minimum absolute atomic E-state index is 0.0107. The van der Waals surface area contributed by atoms with Gasteiger partial charge in [-0.25, -0.2) is 4.98 Å². The van der Waals surface area contributed by atoms with Crippen molar-refractivity contribution < 1.29 is 4.74 Å². The molecule has 0 bridgehead atoms. The van der Waals surface area contributed by atoms with Crippen molar-refractivity contribution in [1.82, 2.24) is 19.3 Å². The molecule has 3 heterocycles. The van der Waals surface area contributed by atoms with Gasteiger partial charge in [0.25, 0.3) is 5.56 Å². The minimum atomic E-state index is -0.0107. The van der Waals surface area contributed by atoms with Gasteiger partial charge in [0.15, 0.2) is 5.65 Å². The Bertz CT molecular complexity index is 996. The van der Waals surface area contributed by atoms with Gasteiger partial charge < -0.3 is 4.74 Å². The molecule has 6 heteroatoms. The summed E-state index contributed by atoms with van der Waals surface area (Å²) in [6.07, 6.45) is 5.53. The van der Waals surface area contributed by atoms with Crippen molar-refractivity contribution in [3.05, 3.63) is 52.2 Å². The lowest BCUT2D eigenvalue weighted by Crippen LogP contribution is -2.27. The van der Waals surface area contributed by atoms with E-state index < -0.39 is 0 Å². The van der Waals surface area contributed by atoms with Crippen LogP contribution in [0.15, 0.2) is 35.3 Å². The van der Waals surface area contributed by atoms with Crippen LogP contribution in [0.2, 0.25) is 0 Å². The van der Waals surface area contributed by atoms with E-state index in [4.69, 9.17) is 9.72 Å². The van der Waals surface area contributed by atoms with Crippen molar-refractivity contribution >= 4 is 22.7 Å². The van der Waals surface area contributed by atoms with Crippen molar-refractivity contribution in [2.75, 3.05) is 7.11 Å². The van der Waals surface area contributed by atoms with Crippen molar-refractivity contribution in [3.8, 4) is 5.75 Å². The molecule has 0 fully saturated rings. The van der Waals surface area contributed by atoms with Crippen molar-refractivity contribution in [3.63, 3.8) is 0 Å². The molecule has 0 aliphatic carbocycles. The number of nitrogens with zero attached hydrogens (tertiary/aromatic N) is 4. The molecule has 0 radical (unpaired) electrons. The third-order valence-electron chi connectivity index (χ3n) is 4.42. The van der Waals surface area contributed by atoms with Crippen molar-refractivity contribution in [2.45, 2.75) is 19.4 Å². The normalized spacial score (nSPS) is 15.7. The maximum absolute atomic E-state index is 12.7. The number of allylic oxidation sites excluding steroid dienone is 1. The van der Waals surface area contributed by atoms with Gasteiger partial charge in [-0.15, -0.1) is 0 Å². The Kier molecular flexibility index (Phi) is 3.45. The van der Waals surface area contributed by atoms with E-state index in [-0.39, 0.29) is 5.56 Å². The largest absolute Gasteiger partial charge is 0.497 e. The van der Waals surface area contributed by atoms with E-state index in [2.05, 4.69) is 11.2 Å². The first-order chi connectivity index (χ1) is 11.7. The van der Waals surface area contributed by atoms with Gasteiger partial charge in [-0.2, -0.15) is 5.10 Å². The maximum atomic E-state index is 12.7. The summed E-state index contributed by atoms with van der Waals surface area (Å²) in [4.78, 5) is 17.4. The van der Waals surface area contributed by atoms with Gasteiger partial charge in [0, 0.05) is 13.6 Å². The van der Waals surface area contributed by atoms with Crippen LogP contribution in [0.1, 0.15) is 24.2 Å². The monoisotopic (exact) mass is 322 g/mol. The molecule has 3 aromatic rings. The molecule has 4 rings (SSSR count). The summed E-state index contributed by atoms with van der Waals surface area (Å²) in [5, 5.41) is 4.74. The van der Waals surface area contributed by atoms with Gasteiger partial charge in [-0.3, -0.25) is 14.0 Å². The molecule has 1 aliphatic rings. The fourth-order valence-electron chi connectivity index (χ4n) is 3.15. The molecular formula is C18H18N4O2. The minimum Gasteiger partial charge on any atom is -0.497 e. The molecule has 0 spiro atoms. The number of aromatic nitrogens is 4.